The number of aliphatic hydroxyl groups is 1. The van der Waals surface area contributed by atoms with Crippen molar-refractivity contribution in [2.24, 2.45) is 0 Å². The maximum atomic E-state index is 9.17. The number of ether oxygens (including phenoxy) is 1. The molecule has 0 fully saturated rings. The van der Waals surface area contributed by atoms with E-state index in [4.69, 9.17) is 21.4 Å². The molecule has 0 radical (unpaired) electrons. The van der Waals surface area contributed by atoms with E-state index in [1.54, 1.807) is 7.11 Å². The molecule has 0 aliphatic heterocycles. The van der Waals surface area contributed by atoms with Gasteiger partial charge in [0, 0.05) is 31.0 Å². The first kappa shape index (κ1) is 14.0. The molecule has 0 bridgehead atoms. The van der Waals surface area contributed by atoms with Crippen LogP contribution in [0.5, 0.6) is 0 Å². The molecule has 0 saturated heterocycles. The number of hydrogen-bond acceptors (Lipinski definition) is 5. The van der Waals surface area contributed by atoms with E-state index in [1.165, 1.54) is 0 Å². The number of aliphatic hydroxyl groups excluding tert-OH is 1. The zero-order valence-electron chi connectivity index (χ0n) is 10.7. The second-order valence-corrected chi connectivity index (χ2v) is 4.42. The van der Waals surface area contributed by atoms with Crippen molar-refractivity contribution < 1.29 is 9.84 Å². The van der Waals surface area contributed by atoms with Crippen molar-refractivity contribution in [1.82, 2.24) is 10.2 Å². The molecule has 2 rings (SSSR count). The fourth-order valence-electron chi connectivity index (χ4n) is 1.94. The highest BCUT2D eigenvalue weighted by Crippen LogP contribution is 2.27. The van der Waals surface area contributed by atoms with Crippen LogP contribution in [0.2, 0.25) is 5.15 Å². The predicted molar refractivity (Wildman–Crippen MR) is 75.7 cm³/mol. The van der Waals surface area contributed by atoms with E-state index >= 15 is 0 Å². The van der Waals surface area contributed by atoms with Crippen LogP contribution in [0.25, 0.3) is 10.8 Å². The van der Waals surface area contributed by atoms with E-state index in [0.29, 0.717) is 30.7 Å². The molecule has 1 aromatic carbocycles. The van der Waals surface area contributed by atoms with Gasteiger partial charge in [0.1, 0.15) is 0 Å². The number of halogens is 1. The summed E-state index contributed by atoms with van der Waals surface area (Å²) in [4.78, 5) is 1.94. The summed E-state index contributed by atoms with van der Waals surface area (Å²) in [7, 11) is 1.64. The lowest BCUT2D eigenvalue weighted by Gasteiger charge is -2.23. The Morgan fingerprint density at radius 3 is 2.63 bits per heavy atom. The van der Waals surface area contributed by atoms with E-state index in [0.717, 1.165) is 10.8 Å². The van der Waals surface area contributed by atoms with Crippen LogP contribution in [0.3, 0.4) is 0 Å². The third kappa shape index (κ3) is 3.12. The van der Waals surface area contributed by atoms with Gasteiger partial charge < -0.3 is 14.7 Å². The second-order valence-electron chi connectivity index (χ2n) is 4.06. The third-order valence-electron chi connectivity index (χ3n) is 2.86. The molecule has 0 atom stereocenters. The molecule has 0 aliphatic rings. The van der Waals surface area contributed by atoms with Crippen LogP contribution >= 0.6 is 11.6 Å². The van der Waals surface area contributed by atoms with Gasteiger partial charge in [0.2, 0.25) is 0 Å². The van der Waals surface area contributed by atoms with Gasteiger partial charge in [-0.15, -0.1) is 10.2 Å². The summed E-state index contributed by atoms with van der Waals surface area (Å²) in [5, 5.41) is 19.5. The highest BCUT2D eigenvalue weighted by molar-refractivity contribution is 6.34. The Hall–Kier alpha value is -1.43. The van der Waals surface area contributed by atoms with Crippen molar-refractivity contribution in [3.05, 3.63) is 29.4 Å². The number of aromatic nitrogens is 2. The Kier molecular flexibility index (Phi) is 4.90. The number of nitrogens with zero attached hydrogens (tertiary/aromatic N) is 3. The second kappa shape index (κ2) is 6.65. The quantitative estimate of drug-likeness (QED) is 0.874. The van der Waals surface area contributed by atoms with E-state index in [9.17, 15) is 0 Å². The molecule has 6 heteroatoms. The number of methoxy groups -OCH3 is 1. The molecular weight excluding hydrogens is 266 g/mol. The molecule has 1 heterocycles. The summed E-state index contributed by atoms with van der Waals surface area (Å²) in [6.45, 7) is 1.71. The largest absolute Gasteiger partial charge is 0.395 e. The highest BCUT2D eigenvalue weighted by Gasteiger charge is 2.13. The number of anilines is 1. The molecule has 0 aliphatic carbocycles. The molecule has 1 aromatic heterocycles. The smallest absolute Gasteiger partial charge is 0.159 e. The van der Waals surface area contributed by atoms with Gasteiger partial charge in [-0.3, -0.25) is 0 Å². The lowest BCUT2D eigenvalue weighted by atomic mass is 10.2. The summed E-state index contributed by atoms with van der Waals surface area (Å²) in [5.74, 6) is 0.714. The number of fused-ring (bicyclic) bond motifs is 1. The van der Waals surface area contributed by atoms with Crippen molar-refractivity contribution >= 4 is 28.2 Å². The van der Waals surface area contributed by atoms with E-state index in [2.05, 4.69) is 10.2 Å². The van der Waals surface area contributed by atoms with Gasteiger partial charge in [0.05, 0.1) is 13.2 Å². The molecule has 0 saturated carbocycles. The van der Waals surface area contributed by atoms with Crippen LogP contribution in [-0.2, 0) is 4.74 Å². The van der Waals surface area contributed by atoms with Gasteiger partial charge in [-0.25, -0.2) is 0 Å². The Morgan fingerprint density at radius 2 is 1.95 bits per heavy atom. The molecule has 5 nitrogen and oxygen atoms in total. The summed E-state index contributed by atoms with van der Waals surface area (Å²) in [5.41, 5.74) is 0. The Labute approximate surface area is 116 Å². The summed E-state index contributed by atoms with van der Waals surface area (Å²) >= 11 is 6.05. The first-order chi connectivity index (χ1) is 9.27. The van der Waals surface area contributed by atoms with Crippen LogP contribution in [-0.4, -0.2) is 48.7 Å². The van der Waals surface area contributed by atoms with Gasteiger partial charge in [-0.2, -0.15) is 0 Å². The van der Waals surface area contributed by atoms with Crippen molar-refractivity contribution in [2.75, 3.05) is 38.3 Å². The Balaban J connectivity index is 2.44. The minimum absolute atomic E-state index is 0.0440. The van der Waals surface area contributed by atoms with Crippen molar-refractivity contribution in [3.8, 4) is 0 Å². The lowest BCUT2D eigenvalue weighted by molar-refractivity contribution is 0.202. The minimum Gasteiger partial charge on any atom is -0.395 e. The van der Waals surface area contributed by atoms with Gasteiger partial charge in [0.25, 0.3) is 0 Å². The van der Waals surface area contributed by atoms with E-state index in [-0.39, 0.29) is 6.61 Å². The Morgan fingerprint density at radius 1 is 1.21 bits per heavy atom. The number of benzene rings is 1. The summed E-state index contributed by atoms with van der Waals surface area (Å²) in [6.07, 6.45) is 0. The molecule has 2 aromatic rings. The zero-order valence-corrected chi connectivity index (χ0v) is 11.5. The van der Waals surface area contributed by atoms with Crippen molar-refractivity contribution in [2.45, 2.75) is 0 Å². The Bertz CT molecular complexity index is 550. The fraction of sp³-hybridized carbons (Fsp3) is 0.385. The average Bonchev–Trinajstić information content (AvgIpc) is 2.45. The highest BCUT2D eigenvalue weighted by atomic mass is 35.5. The van der Waals surface area contributed by atoms with Gasteiger partial charge >= 0.3 is 0 Å². The third-order valence-corrected chi connectivity index (χ3v) is 3.14. The van der Waals surface area contributed by atoms with Crippen LogP contribution in [0.15, 0.2) is 24.3 Å². The van der Waals surface area contributed by atoms with Gasteiger partial charge in [-0.05, 0) is 0 Å². The van der Waals surface area contributed by atoms with Crippen molar-refractivity contribution in [3.63, 3.8) is 0 Å². The van der Waals surface area contributed by atoms with Crippen molar-refractivity contribution in [1.29, 1.82) is 0 Å². The minimum atomic E-state index is 0.0440. The van der Waals surface area contributed by atoms with Crippen LogP contribution in [0.4, 0.5) is 5.82 Å². The molecule has 0 unspecified atom stereocenters. The molecular formula is C13H16ClN3O2. The van der Waals surface area contributed by atoms with Gasteiger partial charge in [-0.1, -0.05) is 35.9 Å². The predicted octanol–water partition coefficient (Wildman–Crippen LogP) is 1.73. The maximum Gasteiger partial charge on any atom is 0.159 e. The molecule has 0 spiro atoms. The molecule has 102 valence electrons. The summed E-state index contributed by atoms with van der Waals surface area (Å²) in [6, 6.07) is 7.69. The normalized spacial score (nSPS) is 10.9. The van der Waals surface area contributed by atoms with E-state index in [1.807, 2.05) is 29.2 Å². The topological polar surface area (TPSA) is 58.5 Å². The summed E-state index contributed by atoms with van der Waals surface area (Å²) < 4.78 is 5.08. The SMILES string of the molecule is COCCN(CCO)c1nnc(Cl)c2ccccc12. The fourth-order valence-corrected chi connectivity index (χ4v) is 2.14. The average molecular weight is 282 g/mol. The van der Waals surface area contributed by atoms with Crippen LogP contribution in [0, 0.1) is 0 Å². The number of rotatable bonds is 6. The first-order valence-electron chi connectivity index (χ1n) is 6.03. The van der Waals surface area contributed by atoms with Gasteiger partial charge in [0.15, 0.2) is 11.0 Å². The zero-order chi connectivity index (χ0) is 13.7. The van der Waals surface area contributed by atoms with Crippen LogP contribution < -0.4 is 4.90 Å². The first-order valence-corrected chi connectivity index (χ1v) is 6.41. The number of hydrogen-bond donors (Lipinski definition) is 1. The molecule has 0 amide bonds. The molecule has 1 N–H and O–H groups in total. The lowest BCUT2D eigenvalue weighted by Crippen LogP contribution is -2.31. The monoisotopic (exact) mass is 281 g/mol. The van der Waals surface area contributed by atoms with Crippen LogP contribution in [0.1, 0.15) is 0 Å². The van der Waals surface area contributed by atoms with E-state index < -0.39 is 0 Å². The molecule has 19 heavy (non-hydrogen) atoms. The standard InChI is InChI=1S/C13H16ClN3O2/c1-19-9-7-17(6-8-18)13-11-5-3-2-4-10(11)12(14)15-16-13/h2-5,18H,6-9H2,1H3. The maximum absolute atomic E-state index is 9.17.